The maximum absolute atomic E-state index is 12.9. The molecule has 3 aromatic rings. The first-order valence-electron chi connectivity index (χ1n) is 8.62. The van der Waals surface area contributed by atoms with E-state index in [9.17, 15) is 14.0 Å². The number of anilines is 2. The van der Waals surface area contributed by atoms with Gasteiger partial charge in [-0.15, -0.1) is 5.10 Å². The highest BCUT2D eigenvalue weighted by atomic mass is 19.1. The fraction of sp³-hybridized carbons (Fsp3) is 0.158. The van der Waals surface area contributed by atoms with Crippen molar-refractivity contribution in [2.75, 3.05) is 18.2 Å². The van der Waals surface area contributed by atoms with E-state index in [0.717, 1.165) is 4.68 Å². The second kappa shape index (κ2) is 8.83. The van der Waals surface area contributed by atoms with Crippen LogP contribution in [-0.4, -0.2) is 33.9 Å². The largest absolute Gasteiger partial charge is 0.495 e. The van der Waals surface area contributed by atoms with Crippen LogP contribution in [0.15, 0.2) is 48.5 Å². The fourth-order valence-electron chi connectivity index (χ4n) is 2.54. The van der Waals surface area contributed by atoms with Crippen LogP contribution in [0, 0.1) is 5.82 Å². The Hall–Kier alpha value is -3.95. The molecule has 1 heterocycles. The van der Waals surface area contributed by atoms with Crippen molar-refractivity contribution < 1.29 is 18.7 Å². The fourth-order valence-corrected chi connectivity index (χ4v) is 2.54. The summed E-state index contributed by atoms with van der Waals surface area (Å²) in [7, 11) is 1.50. The molecule has 4 N–H and O–H groups in total. The van der Waals surface area contributed by atoms with Gasteiger partial charge >= 0.3 is 0 Å². The van der Waals surface area contributed by atoms with Gasteiger partial charge in [-0.2, -0.15) is 0 Å². The summed E-state index contributed by atoms with van der Waals surface area (Å²) < 4.78 is 19.2. The van der Waals surface area contributed by atoms with Gasteiger partial charge in [-0.1, -0.05) is 29.5 Å². The van der Waals surface area contributed by atoms with E-state index in [4.69, 9.17) is 10.5 Å². The van der Waals surface area contributed by atoms with Crippen molar-refractivity contribution in [3.8, 4) is 5.75 Å². The number of amides is 2. The van der Waals surface area contributed by atoms with Crippen molar-refractivity contribution in [3.05, 3.63) is 65.6 Å². The lowest BCUT2D eigenvalue weighted by Crippen LogP contribution is -2.25. The first-order valence-corrected chi connectivity index (χ1v) is 8.62. The Kier molecular flexibility index (Phi) is 6.03. The number of halogens is 1. The zero-order valence-electron chi connectivity index (χ0n) is 15.6. The summed E-state index contributed by atoms with van der Waals surface area (Å²) in [6.07, 6.45) is 0. The molecule has 150 valence electrons. The predicted octanol–water partition coefficient (Wildman–Crippen LogP) is 1.58. The standard InChI is InChI=1S/C19H19FN6O3/c1-29-15-5-3-2-4-14(15)23-16(27)11-26-18(21)17(24-25-26)19(28)22-10-12-6-8-13(20)9-7-12/h2-9H,10-11,21H2,1H3,(H,22,28)(H,23,27). The van der Waals surface area contributed by atoms with Crippen LogP contribution in [0.4, 0.5) is 15.9 Å². The third-order valence-corrected chi connectivity index (χ3v) is 4.03. The monoisotopic (exact) mass is 398 g/mol. The average Bonchev–Trinajstić information content (AvgIpc) is 3.08. The summed E-state index contributed by atoms with van der Waals surface area (Å²) >= 11 is 0. The first kappa shape index (κ1) is 19.8. The quantitative estimate of drug-likeness (QED) is 0.555. The number of rotatable bonds is 7. The number of aromatic nitrogens is 3. The average molecular weight is 398 g/mol. The number of ether oxygens (including phenoxy) is 1. The van der Waals surface area contributed by atoms with Crippen LogP contribution in [0.5, 0.6) is 5.75 Å². The molecule has 0 atom stereocenters. The molecule has 3 rings (SSSR count). The number of nitrogen functional groups attached to an aromatic ring is 1. The lowest BCUT2D eigenvalue weighted by molar-refractivity contribution is -0.116. The molecule has 0 aliphatic heterocycles. The zero-order chi connectivity index (χ0) is 20.8. The Bertz CT molecular complexity index is 1020. The van der Waals surface area contributed by atoms with E-state index in [1.54, 1.807) is 36.4 Å². The van der Waals surface area contributed by atoms with Crippen LogP contribution < -0.4 is 21.1 Å². The molecule has 2 amide bonds. The van der Waals surface area contributed by atoms with E-state index in [1.807, 2.05) is 0 Å². The Labute approximate surface area is 165 Å². The van der Waals surface area contributed by atoms with Crippen LogP contribution in [0.3, 0.4) is 0 Å². The third-order valence-electron chi connectivity index (χ3n) is 4.03. The summed E-state index contributed by atoms with van der Waals surface area (Å²) in [6.45, 7) is -0.0676. The molecule has 0 saturated heterocycles. The number of nitrogens with zero attached hydrogens (tertiary/aromatic N) is 3. The Morgan fingerprint density at radius 2 is 1.90 bits per heavy atom. The van der Waals surface area contributed by atoms with Gasteiger partial charge in [0.05, 0.1) is 12.8 Å². The highest BCUT2D eigenvalue weighted by Gasteiger charge is 2.19. The number of benzene rings is 2. The van der Waals surface area contributed by atoms with Crippen LogP contribution in [0.25, 0.3) is 0 Å². The van der Waals surface area contributed by atoms with E-state index < -0.39 is 11.8 Å². The van der Waals surface area contributed by atoms with E-state index in [-0.39, 0.29) is 30.4 Å². The van der Waals surface area contributed by atoms with Gasteiger partial charge in [0.2, 0.25) is 5.91 Å². The second-order valence-corrected chi connectivity index (χ2v) is 6.04. The van der Waals surface area contributed by atoms with Gasteiger partial charge in [-0.25, -0.2) is 9.07 Å². The molecule has 2 aromatic carbocycles. The highest BCUT2D eigenvalue weighted by molar-refractivity contribution is 5.97. The number of nitrogens with two attached hydrogens (primary N) is 1. The Balaban J connectivity index is 1.61. The predicted molar refractivity (Wildman–Crippen MR) is 104 cm³/mol. The minimum atomic E-state index is -0.553. The topological polar surface area (TPSA) is 124 Å². The summed E-state index contributed by atoms with van der Waals surface area (Å²) in [5.41, 5.74) is 7.02. The van der Waals surface area contributed by atoms with Gasteiger partial charge in [0.1, 0.15) is 18.1 Å². The molecule has 0 aliphatic carbocycles. The molecule has 0 aliphatic rings. The van der Waals surface area contributed by atoms with Gasteiger partial charge in [-0.3, -0.25) is 9.59 Å². The SMILES string of the molecule is COc1ccccc1NC(=O)Cn1nnc(C(=O)NCc2ccc(F)cc2)c1N. The normalized spacial score (nSPS) is 10.4. The van der Waals surface area contributed by atoms with Crippen molar-refractivity contribution in [3.63, 3.8) is 0 Å². The zero-order valence-corrected chi connectivity index (χ0v) is 15.6. The third kappa shape index (κ3) is 4.86. The van der Waals surface area contributed by atoms with Crippen LogP contribution in [-0.2, 0) is 17.9 Å². The van der Waals surface area contributed by atoms with Crippen LogP contribution in [0.1, 0.15) is 16.1 Å². The van der Waals surface area contributed by atoms with Crippen molar-refractivity contribution in [1.82, 2.24) is 20.3 Å². The molecule has 0 radical (unpaired) electrons. The summed E-state index contributed by atoms with van der Waals surface area (Å²) in [6, 6.07) is 12.6. The molecule has 0 saturated carbocycles. The van der Waals surface area contributed by atoms with Crippen LogP contribution >= 0.6 is 0 Å². The van der Waals surface area contributed by atoms with Gasteiger partial charge in [0, 0.05) is 6.54 Å². The van der Waals surface area contributed by atoms with Gasteiger partial charge in [0.25, 0.3) is 5.91 Å². The molecule has 10 heteroatoms. The lowest BCUT2D eigenvalue weighted by atomic mass is 10.2. The molecule has 0 bridgehead atoms. The Morgan fingerprint density at radius 1 is 1.17 bits per heavy atom. The molecular weight excluding hydrogens is 379 g/mol. The number of para-hydroxylation sites is 2. The van der Waals surface area contributed by atoms with Gasteiger partial charge in [0.15, 0.2) is 11.5 Å². The van der Waals surface area contributed by atoms with Crippen molar-refractivity contribution in [2.24, 2.45) is 0 Å². The van der Waals surface area contributed by atoms with Crippen LogP contribution in [0.2, 0.25) is 0 Å². The van der Waals surface area contributed by atoms with Crippen molar-refractivity contribution in [2.45, 2.75) is 13.1 Å². The maximum atomic E-state index is 12.9. The summed E-state index contributed by atoms with van der Waals surface area (Å²) in [5.74, 6) is -0.865. The minimum Gasteiger partial charge on any atom is -0.495 e. The summed E-state index contributed by atoms with van der Waals surface area (Å²) in [4.78, 5) is 24.6. The molecule has 0 fully saturated rings. The van der Waals surface area contributed by atoms with E-state index in [0.29, 0.717) is 17.0 Å². The number of methoxy groups -OCH3 is 1. The molecule has 9 nitrogen and oxygen atoms in total. The summed E-state index contributed by atoms with van der Waals surface area (Å²) in [5, 5.41) is 12.8. The van der Waals surface area contributed by atoms with Crippen molar-refractivity contribution in [1.29, 1.82) is 0 Å². The number of carbonyl (C=O) groups excluding carboxylic acids is 2. The lowest BCUT2D eigenvalue weighted by Gasteiger charge is -2.10. The van der Waals surface area contributed by atoms with Gasteiger partial charge in [-0.05, 0) is 29.8 Å². The molecule has 0 unspecified atom stereocenters. The number of carbonyl (C=O) groups is 2. The maximum Gasteiger partial charge on any atom is 0.275 e. The minimum absolute atomic E-state index is 0.0446. The molecular formula is C19H19FN6O3. The molecule has 1 aromatic heterocycles. The number of nitrogens with one attached hydrogen (secondary N) is 2. The number of hydrogen-bond acceptors (Lipinski definition) is 6. The van der Waals surface area contributed by atoms with E-state index in [2.05, 4.69) is 20.9 Å². The van der Waals surface area contributed by atoms with E-state index in [1.165, 1.54) is 19.2 Å². The highest BCUT2D eigenvalue weighted by Crippen LogP contribution is 2.23. The number of hydrogen-bond donors (Lipinski definition) is 3. The first-order chi connectivity index (χ1) is 14.0. The van der Waals surface area contributed by atoms with Gasteiger partial charge < -0.3 is 21.1 Å². The molecule has 0 spiro atoms. The Morgan fingerprint density at radius 3 is 2.62 bits per heavy atom. The molecule has 29 heavy (non-hydrogen) atoms. The second-order valence-electron chi connectivity index (χ2n) is 6.04. The van der Waals surface area contributed by atoms with E-state index >= 15 is 0 Å². The van der Waals surface area contributed by atoms with Crippen molar-refractivity contribution >= 4 is 23.3 Å². The smallest absolute Gasteiger partial charge is 0.275 e.